The summed E-state index contributed by atoms with van der Waals surface area (Å²) in [5.74, 6) is 0.708. The third-order valence-electron chi connectivity index (χ3n) is 2.30. The standard InChI is InChI=1S/C9H8IN3/c10-8-3-4-9-11-7(6-1-2-6)5-13(9)12-8/h3-6H,1-2H2. The van der Waals surface area contributed by atoms with Gasteiger partial charge in [0.05, 0.1) is 11.9 Å². The van der Waals surface area contributed by atoms with E-state index in [1.807, 2.05) is 16.6 Å². The summed E-state index contributed by atoms with van der Waals surface area (Å²) in [6.07, 6.45) is 4.64. The van der Waals surface area contributed by atoms with E-state index in [1.54, 1.807) is 0 Å². The molecule has 2 aromatic heterocycles. The molecule has 1 aliphatic carbocycles. The molecule has 66 valence electrons. The van der Waals surface area contributed by atoms with Gasteiger partial charge in [-0.25, -0.2) is 9.50 Å². The van der Waals surface area contributed by atoms with Gasteiger partial charge in [-0.15, -0.1) is 0 Å². The quantitative estimate of drug-likeness (QED) is 0.752. The molecule has 1 fully saturated rings. The summed E-state index contributed by atoms with van der Waals surface area (Å²) < 4.78 is 2.87. The number of nitrogens with zero attached hydrogens (tertiary/aromatic N) is 3. The van der Waals surface area contributed by atoms with Crippen LogP contribution < -0.4 is 0 Å². The van der Waals surface area contributed by atoms with Gasteiger partial charge in [-0.1, -0.05) is 0 Å². The number of fused-ring (bicyclic) bond motifs is 1. The molecule has 0 amide bonds. The first kappa shape index (κ1) is 7.73. The Bertz CT molecular complexity index is 459. The summed E-state index contributed by atoms with van der Waals surface area (Å²) in [5.41, 5.74) is 2.16. The van der Waals surface area contributed by atoms with Crippen molar-refractivity contribution in [3.8, 4) is 0 Å². The van der Waals surface area contributed by atoms with Gasteiger partial charge in [0, 0.05) is 5.92 Å². The summed E-state index contributed by atoms with van der Waals surface area (Å²) >= 11 is 2.21. The van der Waals surface area contributed by atoms with E-state index in [9.17, 15) is 0 Å². The molecule has 0 radical (unpaired) electrons. The second-order valence-corrected chi connectivity index (χ2v) is 4.50. The monoisotopic (exact) mass is 285 g/mol. The van der Waals surface area contributed by atoms with Crippen LogP contribution in [0.1, 0.15) is 24.5 Å². The third-order valence-corrected chi connectivity index (χ3v) is 2.88. The van der Waals surface area contributed by atoms with Crippen LogP contribution in [-0.2, 0) is 0 Å². The van der Waals surface area contributed by atoms with E-state index in [1.165, 1.54) is 18.5 Å². The second-order valence-electron chi connectivity index (χ2n) is 3.40. The van der Waals surface area contributed by atoms with Crippen LogP contribution in [0.4, 0.5) is 0 Å². The van der Waals surface area contributed by atoms with Crippen LogP contribution in [0.5, 0.6) is 0 Å². The van der Waals surface area contributed by atoms with Gasteiger partial charge in [-0.05, 0) is 47.6 Å². The molecule has 0 atom stereocenters. The first-order chi connectivity index (χ1) is 6.33. The van der Waals surface area contributed by atoms with E-state index < -0.39 is 0 Å². The minimum absolute atomic E-state index is 0.708. The molecule has 0 N–H and O–H groups in total. The number of aromatic nitrogens is 3. The molecular formula is C9H8IN3. The Morgan fingerprint density at radius 2 is 2.23 bits per heavy atom. The van der Waals surface area contributed by atoms with Crippen LogP contribution >= 0.6 is 22.6 Å². The lowest BCUT2D eigenvalue weighted by atomic mass is 10.3. The van der Waals surface area contributed by atoms with Gasteiger partial charge >= 0.3 is 0 Å². The number of rotatable bonds is 1. The fourth-order valence-corrected chi connectivity index (χ4v) is 1.87. The Morgan fingerprint density at radius 3 is 3.00 bits per heavy atom. The highest BCUT2D eigenvalue weighted by Crippen LogP contribution is 2.39. The van der Waals surface area contributed by atoms with Crippen molar-refractivity contribution in [2.45, 2.75) is 18.8 Å². The van der Waals surface area contributed by atoms with Crippen LogP contribution in [0, 0.1) is 3.70 Å². The van der Waals surface area contributed by atoms with Crippen molar-refractivity contribution < 1.29 is 0 Å². The highest BCUT2D eigenvalue weighted by molar-refractivity contribution is 14.1. The molecule has 0 aromatic carbocycles. The van der Waals surface area contributed by atoms with Crippen molar-refractivity contribution in [2.24, 2.45) is 0 Å². The maximum absolute atomic E-state index is 4.51. The van der Waals surface area contributed by atoms with Gasteiger partial charge in [-0.2, -0.15) is 5.10 Å². The van der Waals surface area contributed by atoms with Crippen molar-refractivity contribution in [2.75, 3.05) is 0 Å². The Hall–Kier alpha value is -0.650. The van der Waals surface area contributed by atoms with Crippen LogP contribution in [0.3, 0.4) is 0 Å². The summed E-state index contributed by atoms with van der Waals surface area (Å²) in [6.45, 7) is 0. The van der Waals surface area contributed by atoms with Crippen molar-refractivity contribution in [3.05, 3.63) is 27.7 Å². The van der Waals surface area contributed by atoms with E-state index in [4.69, 9.17) is 0 Å². The van der Waals surface area contributed by atoms with Crippen LogP contribution in [0.25, 0.3) is 5.65 Å². The first-order valence-corrected chi connectivity index (χ1v) is 5.42. The predicted octanol–water partition coefficient (Wildman–Crippen LogP) is 2.21. The lowest BCUT2D eigenvalue weighted by Gasteiger charge is -1.90. The molecule has 3 rings (SSSR count). The van der Waals surface area contributed by atoms with Crippen molar-refractivity contribution in [3.63, 3.8) is 0 Å². The van der Waals surface area contributed by atoms with E-state index in [2.05, 4.69) is 38.9 Å². The van der Waals surface area contributed by atoms with Crippen LogP contribution in [0.2, 0.25) is 0 Å². The molecule has 3 nitrogen and oxygen atoms in total. The smallest absolute Gasteiger partial charge is 0.153 e. The predicted molar refractivity (Wildman–Crippen MR) is 57.7 cm³/mol. The zero-order chi connectivity index (χ0) is 8.84. The van der Waals surface area contributed by atoms with Crippen molar-refractivity contribution in [1.82, 2.24) is 14.6 Å². The fraction of sp³-hybridized carbons (Fsp3) is 0.333. The van der Waals surface area contributed by atoms with E-state index in [0.717, 1.165) is 9.35 Å². The zero-order valence-corrected chi connectivity index (χ0v) is 9.10. The maximum atomic E-state index is 4.51. The minimum Gasteiger partial charge on any atom is -0.232 e. The summed E-state index contributed by atoms with van der Waals surface area (Å²) in [4.78, 5) is 4.51. The molecular weight excluding hydrogens is 277 g/mol. The molecule has 1 aliphatic rings. The van der Waals surface area contributed by atoms with Gasteiger partial charge < -0.3 is 0 Å². The lowest BCUT2D eigenvalue weighted by Crippen LogP contribution is -1.91. The number of halogens is 1. The first-order valence-electron chi connectivity index (χ1n) is 4.35. The third kappa shape index (κ3) is 1.33. The highest BCUT2D eigenvalue weighted by Gasteiger charge is 2.26. The molecule has 13 heavy (non-hydrogen) atoms. The Balaban J connectivity index is 2.20. The van der Waals surface area contributed by atoms with Gasteiger partial charge in [0.2, 0.25) is 0 Å². The summed E-state index contributed by atoms with van der Waals surface area (Å²) in [5, 5.41) is 4.35. The molecule has 0 aliphatic heterocycles. The molecule has 0 saturated heterocycles. The average molecular weight is 285 g/mol. The van der Waals surface area contributed by atoms with Gasteiger partial charge in [0.1, 0.15) is 3.70 Å². The van der Waals surface area contributed by atoms with Crippen LogP contribution in [-0.4, -0.2) is 14.6 Å². The lowest BCUT2D eigenvalue weighted by molar-refractivity contribution is 0.910. The largest absolute Gasteiger partial charge is 0.232 e. The van der Waals surface area contributed by atoms with Gasteiger partial charge in [-0.3, -0.25) is 0 Å². The highest BCUT2D eigenvalue weighted by atomic mass is 127. The fourth-order valence-electron chi connectivity index (χ4n) is 1.45. The number of hydrogen-bond donors (Lipinski definition) is 0. The molecule has 1 saturated carbocycles. The van der Waals surface area contributed by atoms with E-state index in [0.29, 0.717) is 5.92 Å². The molecule has 2 heterocycles. The van der Waals surface area contributed by atoms with E-state index >= 15 is 0 Å². The molecule has 0 bridgehead atoms. The summed E-state index contributed by atoms with van der Waals surface area (Å²) in [6, 6.07) is 4.00. The summed E-state index contributed by atoms with van der Waals surface area (Å²) in [7, 11) is 0. The Morgan fingerprint density at radius 1 is 1.38 bits per heavy atom. The number of imidazole rings is 1. The molecule has 2 aromatic rings. The van der Waals surface area contributed by atoms with Crippen LogP contribution in [0.15, 0.2) is 18.3 Å². The second kappa shape index (κ2) is 2.67. The van der Waals surface area contributed by atoms with E-state index in [-0.39, 0.29) is 0 Å². The average Bonchev–Trinajstić information content (AvgIpc) is 2.87. The minimum atomic E-state index is 0.708. The molecule has 0 spiro atoms. The van der Waals surface area contributed by atoms with Gasteiger partial charge in [0.25, 0.3) is 0 Å². The number of hydrogen-bond acceptors (Lipinski definition) is 2. The molecule has 4 heteroatoms. The maximum Gasteiger partial charge on any atom is 0.153 e. The molecule has 0 unspecified atom stereocenters. The van der Waals surface area contributed by atoms with Crippen molar-refractivity contribution >= 4 is 28.2 Å². The zero-order valence-electron chi connectivity index (χ0n) is 6.94. The SMILES string of the molecule is Ic1ccc2nc(C3CC3)cn2n1. The Labute approximate surface area is 89.3 Å². The van der Waals surface area contributed by atoms with Crippen molar-refractivity contribution in [1.29, 1.82) is 0 Å². The normalized spacial score (nSPS) is 16.7. The Kier molecular flexibility index (Phi) is 1.59. The topological polar surface area (TPSA) is 30.2 Å². The van der Waals surface area contributed by atoms with Gasteiger partial charge in [0.15, 0.2) is 5.65 Å².